The van der Waals surface area contributed by atoms with Crippen molar-refractivity contribution in [2.75, 3.05) is 0 Å². The molecular formula is C6H3ClF2O. The Kier molecular flexibility index (Phi) is 1.85. The van der Waals surface area contributed by atoms with E-state index < -0.39 is 17.8 Å². The average Bonchev–Trinajstić information content (AvgIpc) is 1.84. The average molecular weight is 165 g/mol. The molecule has 1 nitrogen and oxygen atoms in total. The molecule has 0 radical (unpaired) electrons. The lowest BCUT2D eigenvalue weighted by atomic mass is 10.1. The largest absolute Gasteiger partial charge is 0.288 e. The highest BCUT2D eigenvalue weighted by atomic mass is 35.5. The Bertz CT molecular complexity index is 232. The van der Waals surface area contributed by atoms with Crippen LogP contribution in [0.4, 0.5) is 8.78 Å². The molecule has 54 valence electrons. The van der Waals surface area contributed by atoms with Crippen LogP contribution in [0.5, 0.6) is 0 Å². The molecule has 1 aliphatic carbocycles. The summed E-state index contributed by atoms with van der Waals surface area (Å²) in [6.07, 6.45) is -0.572. The normalized spacial score (nSPS) is 25.9. The molecule has 1 unspecified atom stereocenters. The van der Waals surface area contributed by atoms with Gasteiger partial charge in [0.1, 0.15) is 5.83 Å². The van der Waals surface area contributed by atoms with Crippen LogP contribution in [-0.2, 0) is 4.79 Å². The summed E-state index contributed by atoms with van der Waals surface area (Å²) >= 11 is 5.19. The number of halogens is 3. The minimum absolute atomic E-state index is 0.270. The Morgan fingerprint density at radius 2 is 2.20 bits per heavy atom. The van der Waals surface area contributed by atoms with E-state index in [9.17, 15) is 13.6 Å². The lowest BCUT2D eigenvalue weighted by molar-refractivity contribution is -0.111. The molecule has 0 bridgehead atoms. The third kappa shape index (κ3) is 1.24. The molecule has 10 heavy (non-hydrogen) atoms. The Hall–Kier alpha value is -0.700. The molecule has 0 N–H and O–H groups in total. The fourth-order valence-electron chi connectivity index (χ4n) is 0.564. The first-order chi connectivity index (χ1) is 4.61. The van der Waals surface area contributed by atoms with Crippen LogP contribution in [0.1, 0.15) is 0 Å². The fourth-order valence-corrected chi connectivity index (χ4v) is 0.729. The standard InChI is InChI=1S/C6H3ClF2O/c7-3-1-4(8)5(9)2-6(3)10/h1-2,4H. The molecule has 1 aliphatic rings. The van der Waals surface area contributed by atoms with Crippen molar-refractivity contribution in [2.45, 2.75) is 6.17 Å². The molecule has 4 heteroatoms. The lowest BCUT2D eigenvalue weighted by Gasteiger charge is -2.04. The summed E-state index contributed by atoms with van der Waals surface area (Å²) in [5, 5.41) is -0.270. The van der Waals surface area contributed by atoms with E-state index in [0.29, 0.717) is 6.08 Å². The van der Waals surface area contributed by atoms with Gasteiger partial charge in [-0.3, -0.25) is 4.79 Å². The van der Waals surface area contributed by atoms with Crippen molar-refractivity contribution in [1.29, 1.82) is 0 Å². The van der Waals surface area contributed by atoms with Gasteiger partial charge in [-0.1, -0.05) is 11.6 Å². The molecule has 0 saturated heterocycles. The van der Waals surface area contributed by atoms with Crippen LogP contribution in [0.15, 0.2) is 23.0 Å². The van der Waals surface area contributed by atoms with Crippen LogP contribution in [0.2, 0.25) is 0 Å². The first kappa shape index (κ1) is 7.41. The molecular weight excluding hydrogens is 162 g/mol. The van der Waals surface area contributed by atoms with Gasteiger partial charge in [-0.15, -0.1) is 0 Å². The zero-order valence-corrected chi connectivity index (χ0v) is 5.53. The van der Waals surface area contributed by atoms with Crippen LogP contribution in [0.25, 0.3) is 0 Å². The highest BCUT2D eigenvalue weighted by molar-refractivity contribution is 6.44. The van der Waals surface area contributed by atoms with Crippen LogP contribution in [0.3, 0.4) is 0 Å². The first-order valence-corrected chi connectivity index (χ1v) is 2.92. The summed E-state index contributed by atoms with van der Waals surface area (Å²) < 4.78 is 24.4. The maximum atomic E-state index is 12.2. The molecule has 1 rings (SSSR count). The number of alkyl halides is 1. The predicted octanol–water partition coefficient (Wildman–Crippen LogP) is 1.88. The SMILES string of the molecule is O=C1C=C(F)C(F)C=C1Cl. The van der Waals surface area contributed by atoms with Crippen LogP contribution < -0.4 is 0 Å². The monoisotopic (exact) mass is 164 g/mol. The summed E-state index contributed by atoms with van der Waals surface area (Å²) in [7, 11) is 0. The van der Waals surface area contributed by atoms with E-state index >= 15 is 0 Å². The van der Waals surface area contributed by atoms with E-state index in [0.717, 1.165) is 6.08 Å². The first-order valence-electron chi connectivity index (χ1n) is 2.54. The van der Waals surface area contributed by atoms with Crippen LogP contribution in [0, 0.1) is 0 Å². The Morgan fingerprint density at radius 3 is 2.70 bits per heavy atom. The summed E-state index contributed by atoms with van der Waals surface area (Å²) in [4.78, 5) is 10.5. The van der Waals surface area contributed by atoms with Crippen molar-refractivity contribution in [1.82, 2.24) is 0 Å². The van der Waals surface area contributed by atoms with E-state index in [2.05, 4.69) is 0 Å². The molecule has 0 aromatic carbocycles. The van der Waals surface area contributed by atoms with Crippen molar-refractivity contribution < 1.29 is 13.6 Å². The van der Waals surface area contributed by atoms with Gasteiger partial charge in [-0.05, 0) is 6.08 Å². The fraction of sp³-hybridized carbons (Fsp3) is 0.167. The zero-order valence-electron chi connectivity index (χ0n) is 4.77. The van der Waals surface area contributed by atoms with E-state index in [1.165, 1.54) is 0 Å². The number of carbonyl (C=O) groups is 1. The van der Waals surface area contributed by atoms with E-state index in [4.69, 9.17) is 11.6 Å². The van der Waals surface area contributed by atoms with E-state index in [1.54, 1.807) is 0 Å². The Morgan fingerprint density at radius 1 is 1.60 bits per heavy atom. The molecule has 0 amide bonds. The molecule has 0 fully saturated rings. The number of carbonyl (C=O) groups excluding carboxylic acids is 1. The summed E-state index contributed by atoms with van der Waals surface area (Å²) in [5.74, 6) is -1.78. The van der Waals surface area contributed by atoms with E-state index in [1.807, 2.05) is 0 Å². The van der Waals surface area contributed by atoms with Gasteiger partial charge in [-0.2, -0.15) is 0 Å². The number of hydrogen-bond acceptors (Lipinski definition) is 1. The molecule has 0 aromatic rings. The van der Waals surface area contributed by atoms with Gasteiger partial charge in [0.15, 0.2) is 12.0 Å². The second-order valence-electron chi connectivity index (χ2n) is 1.81. The molecule has 0 aliphatic heterocycles. The number of allylic oxidation sites excluding steroid dienone is 4. The smallest absolute Gasteiger partial charge is 0.199 e. The second kappa shape index (κ2) is 2.50. The van der Waals surface area contributed by atoms with Gasteiger partial charge in [0, 0.05) is 6.08 Å². The molecule has 0 aromatic heterocycles. The number of hydrogen-bond donors (Lipinski definition) is 0. The summed E-state index contributed by atoms with van der Waals surface area (Å²) in [6, 6.07) is 0. The van der Waals surface area contributed by atoms with Gasteiger partial charge in [0.25, 0.3) is 0 Å². The number of rotatable bonds is 0. The van der Waals surface area contributed by atoms with E-state index in [-0.39, 0.29) is 5.03 Å². The van der Waals surface area contributed by atoms with Gasteiger partial charge in [-0.25, -0.2) is 8.78 Å². The van der Waals surface area contributed by atoms with Crippen LogP contribution >= 0.6 is 11.6 Å². The van der Waals surface area contributed by atoms with Crippen molar-refractivity contribution in [3.05, 3.63) is 23.0 Å². The third-order valence-corrected chi connectivity index (χ3v) is 1.37. The third-order valence-electron chi connectivity index (χ3n) is 1.06. The molecule has 0 spiro atoms. The minimum atomic E-state index is -1.86. The molecule has 0 heterocycles. The quantitative estimate of drug-likeness (QED) is 0.534. The number of ketones is 1. The predicted molar refractivity (Wildman–Crippen MR) is 33.0 cm³/mol. The Labute approximate surface area is 61.0 Å². The van der Waals surface area contributed by atoms with Gasteiger partial charge in [0.2, 0.25) is 0 Å². The van der Waals surface area contributed by atoms with Crippen molar-refractivity contribution in [2.24, 2.45) is 0 Å². The lowest BCUT2D eigenvalue weighted by Crippen LogP contribution is -2.08. The maximum absolute atomic E-state index is 12.2. The highest BCUT2D eigenvalue weighted by Crippen LogP contribution is 2.20. The Balaban J connectivity index is 2.92. The second-order valence-corrected chi connectivity index (χ2v) is 2.22. The molecule has 1 atom stereocenters. The zero-order chi connectivity index (χ0) is 7.72. The van der Waals surface area contributed by atoms with Crippen molar-refractivity contribution >= 4 is 17.4 Å². The topological polar surface area (TPSA) is 17.1 Å². The van der Waals surface area contributed by atoms with Gasteiger partial charge >= 0.3 is 0 Å². The molecule has 0 saturated carbocycles. The summed E-state index contributed by atoms with van der Waals surface area (Å²) in [6.45, 7) is 0. The highest BCUT2D eigenvalue weighted by Gasteiger charge is 2.20. The minimum Gasteiger partial charge on any atom is -0.288 e. The summed E-state index contributed by atoms with van der Waals surface area (Å²) in [5.41, 5.74) is 0. The maximum Gasteiger partial charge on any atom is 0.199 e. The van der Waals surface area contributed by atoms with Gasteiger partial charge < -0.3 is 0 Å². The van der Waals surface area contributed by atoms with Gasteiger partial charge in [0.05, 0.1) is 5.03 Å². The van der Waals surface area contributed by atoms with Crippen molar-refractivity contribution in [3.63, 3.8) is 0 Å². The van der Waals surface area contributed by atoms with Crippen molar-refractivity contribution in [3.8, 4) is 0 Å². The van der Waals surface area contributed by atoms with Crippen LogP contribution in [-0.4, -0.2) is 12.0 Å².